The zero-order valence-electron chi connectivity index (χ0n) is 17.8. The van der Waals surface area contributed by atoms with Gasteiger partial charge >= 0.3 is 5.16 Å². The van der Waals surface area contributed by atoms with Crippen LogP contribution in [0.4, 0.5) is 0 Å². The fraction of sp³-hybridized carbons (Fsp3) is 0.0833. The fourth-order valence-corrected chi connectivity index (χ4v) is 3.85. The van der Waals surface area contributed by atoms with Gasteiger partial charge in [-0.1, -0.05) is 42.5 Å². The molecule has 0 aliphatic heterocycles. The van der Waals surface area contributed by atoms with Crippen molar-refractivity contribution in [1.29, 1.82) is 0 Å². The number of hydrazone groups is 1. The molecule has 0 fully saturated rings. The topological polar surface area (TPSA) is 106 Å². The number of nitrogens with zero attached hydrogens (tertiary/aromatic N) is 3. The number of amides is 1. The van der Waals surface area contributed by atoms with Gasteiger partial charge in [0.2, 0.25) is 0 Å². The summed E-state index contributed by atoms with van der Waals surface area (Å²) in [6.45, 7) is 0. The minimum Gasteiger partial charge on any atom is -0.872 e. The molecular formula is C24H21N5O3S. The van der Waals surface area contributed by atoms with Gasteiger partial charge in [-0.25, -0.2) is 5.43 Å². The number of methoxy groups -OCH3 is 1. The third-order valence-electron chi connectivity index (χ3n) is 4.64. The van der Waals surface area contributed by atoms with E-state index in [2.05, 4.69) is 20.7 Å². The summed E-state index contributed by atoms with van der Waals surface area (Å²) in [5, 5.41) is 23.4. The number of rotatable bonds is 8. The van der Waals surface area contributed by atoms with Crippen LogP contribution in [0.1, 0.15) is 5.56 Å². The Balaban J connectivity index is 1.50. The smallest absolute Gasteiger partial charge is 0.342 e. The van der Waals surface area contributed by atoms with Crippen molar-refractivity contribution in [3.05, 3.63) is 84.4 Å². The predicted octanol–water partition coefficient (Wildman–Crippen LogP) is 2.68. The Morgan fingerprint density at radius 2 is 1.94 bits per heavy atom. The summed E-state index contributed by atoms with van der Waals surface area (Å²) in [4.78, 5) is 12.3. The molecule has 3 aromatic carbocycles. The molecule has 0 spiro atoms. The number of thioether (sulfide) groups is 1. The monoisotopic (exact) mass is 459 g/mol. The average Bonchev–Trinajstić information content (AvgIpc) is 3.27. The molecule has 0 unspecified atom stereocenters. The highest BCUT2D eigenvalue weighted by molar-refractivity contribution is 7.99. The summed E-state index contributed by atoms with van der Waals surface area (Å²) in [6, 6.07) is 23.7. The summed E-state index contributed by atoms with van der Waals surface area (Å²) >= 11 is 1.28. The first-order chi connectivity index (χ1) is 16.1. The molecule has 0 bridgehead atoms. The molecule has 4 rings (SSSR count). The lowest BCUT2D eigenvalue weighted by Crippen LogP contribution is -2.34. The zero-order valence-corrected chi connectivity index (χ0v) is 18.6. The number of carbonyl (C=O) groups is 1. The molecule has 0 aliphatic rings. The Kier molecular flexibility index (Phi) is 7.01. The van der Waals surface area contributed by atoms with Crippen molar-refractivity contribution in [2.24, 2.45) is 5.10 Å². The lowest BCUT2D eigenvalue weighted by molar-refractivity contribution is -0.625. The van der Waals surface area contributed by atoms with E-state index >= 15 is 0 Å². The van der Waals surface area contributed by atoms with Gasteiger partial charge in [0.1, 0.15) is 11.4 Å². The van der Waals surface area contributed by atoms with Gasteiger partial charge in [-0.2, -0.15) is 9.67 Å². The maximum Gasteiger partial charge on any atom is 0.342 e. The number of aromatic amines is 1. The van der Waals surface area contributed by atoms with E-state index in [0.29, 0.717) is 10.7 Å². The zero-order chi connectivity index (χ0) is 23.0. The molecule has 33 heavy (non-hydrogen) atoms. The summed E-state index contributed by atoms with van der Waals surface area (Å²) in [5.74, 6) is 1.25. The Hall–Kier alpha value is -4.11. The molecule has 0 radical (unpaired) electrons. The lowest BCUT2D eigenvalue weighted by Gasteiger charge is -2.05. The van der Waals surface area contributed by atoms with Gasteiger partial charge in [-0.05, 0) is 53.7 Å². The highest BCUT2D eigenvalue weighted by Crippen LogP contribution is 2.22. The number of hydrogen-bond acceptors (Lipinski definition) is 6. The predicted molar refractivity (Wildman–Crippen MR) is 124 cm³/mol. The summed E-state index contributed by atoms with van der Waals surface area (Å²) < 4.78 is 7.21. The Bertz CT molecular complexity index is 1260. The molecule has 166 valence electrons. The molecule has 1 amide bonds. The molecule has 0 saturated carbocycles. The van der Waals surface area contributed by atoms with Gasteiger partial charge < -0.3 is 9.84 Å². The van der Waals surface area contributed by atoms with Crippen LogP contribution in [0, 0.1) is 0 Å². The van der Waals surface area contributed by atoms with Crippen LogP contribution < -0.4 is 19.8 Å². The third-order valence-corrected chi connectivity index (χ3v) is 5.58. The van der Waals surface area contributed by atoms with Crippen LogP contribution in [-0.4, -0.2) is 35.2 Å². The second-order valence-electron chi connectivity index (χ2n) is 6.91. The Labute approximate surface area is 194 Å². The molecule has 1 heterocycles. The van der Waals surface area contributed by atoms with Crippen molar-refractivity contribution >= 4 is 23.9 Å². The van der Waals surface area contributed by atoms with Crippen LogP contribution in [0.5, 0.6) is 11.5 Å². The van der Waals surface area contributed by atoms with Crippen LogP contribution in [0.15, 0.2) is 89.1 Å². The quantitative estimate of drug-likeness (QED) is 0.182. The highest BCUT2D eigenvalue weighted by Gasteiger charge is 2.24. The minimum atomic E-state index is -0.289. The minimum absolute atomic E-state index is 0.110. The van der Waals surface area contributed by atoms with Crippen molar-refractivity contribution in [1.82, 2.24) is 15.6 Å². The van der Waals surface area contributed by atoms with Gasteiger partial charge in [0.25, 0.3) is 11.7 Å². The SMILES string of the molecule is COc1ccc(-c2[nH]nc(SCC(=O)N/N=C/c3cccc([O-])c3)[n+]2-c2ccccc2)cc1. The number of aromatic nitrogens is 3. The van der Waals surface area contributed by atoms with Crippen molar-refractivity contribution in [2.75, 3.05) is 12.9 Å². The van der Waals surface area contributed by atoms with Gasteiger partial charge in [0, 0.05) is 0 Å². The van der Waals surface area contributed by atoms with Crippen LogP contribution in [-0.2, 0) is 4.79 Å². The molecule has 4 aromatic rings. The molecular weight excluding hydrogens is 438 g/mol. The van der Waals surface area contributed by atoms with Crippen molar-refractivity contribution in [2.45, 2.75) is 5.16 Å². The number of ether oxygens (including phenoxy) is 1. The average molecular weight is 460 g/mol. The maximum absolute atomic E-state index is 12.3. The van der Waals surface area contributed by atoms with Gasteiger partial charge in [0.15, 0.2) is 0 Å². The van der Waals surface area contributed by atoms with E-state index in [-0.39, 0.29) is 17.4 Å². The third kappa shape index (κ3) is 5.58. The first-order valence-electron chi connectivity index (χ1n) is 10.1. The van der Waals surface area contributed by atoms with Gasteiger partial charge in [-0.15, -0.1) is 10.8 Å². The first-order valence-corrected chi connectivity index (χ1v) is 11.0. The molecule has 0 saturated heterocycles. The number of carbonyl (C=O) groups excluding carboxylic acids is 1. The number of benzene rings is 3. The number of hydrogen-bond donors (Lipinski definition) is 2. The van der Waals surface area contributed by atoms with Crippen LogP contribution >= 0.6 is 11.8 Å². The fourth-order valence-electron chi connectivity index (χ4n) is 3.09. The van der Waals surface area contributed by atoms with E-state index < -0.39 is 0 Å². The van der Waals surface area contributed by atoms with Crippen molar-refractivity contribution in [3.63, 3.8) is 0 Å². The summed E-state index contributed by atoms with van der Waals surface area (Å²) in [6.07, 6.45) is 1.43. The van der Waals surface area contributed by atoms with E-state index in [9.17, 15) is 9.90 Å². The lowest BCUT2D eigenvalue weighted by atomic mass is 10.2. The number of nitrogens with one attached hydrogen (secondary N) is 2. The molecule has 0 atom stereocenters. The summed E-state index contributed by atoms with van der Waals surface area (Å²) in [5.41, 5.74) is 4.93. The van der Waals surface area contributed by atoms with Crippen LogP contribution in [0.2, 0.25) is 0 Å². The van der Waals surface area contributed by atoms with E-state index in [1.165, 1.54) is 30.1 Å². The van der Waals surface area contributed by atoms with Crippen molar-refractivity contribution < 1.29 is 19.2 Å². The number of para-hydroxylation sites is 1. The normalized spacial score (nSPS) is 10.9. The van der Waals surface area contributed by atoms with Gasteiger partial charge in [-0.3, -0.25) is 4.79 Å². The molecule has 8 nitrogen and oxygen atoms in total. The van der Waals surface area contributed by atoms with Crippen molar-refractivity contribution in [3.8, 4) is 28.6 Å². The van der Waals surface area contributed by atoms with E-state index in [4.69, 9.17) is 4.74 Å². The highest BCUT2D eigenvalue weighted by atomic mass is 32.2. The second kappa shape index (κ2) is 10.5. The number of H-pyrrole nitrogens is 1. The molecule has 2 N–H and O–H groups in total. The van der Waals surface area contributed by atoms with Crippen LogP contribution in [0.25, 0.3) is 17.1 Å². The van der Waals surface area contributed by atoms with E-state index in [0.717, 1.165) is 22.8 Å². The Morgan fingerprint density at radius 1 is 1.15 bits per heavy atom. The second-order valence-corrected chi connectivity index (χ2v) is 7.85. The first kappa shape index (κ1) is 22.1. The molecule has 0 aliphatic carbocycles. The standard InChI is InChI=1S/C24H21N5O3S/c1-32-21-12-10-18(11-13-21)23-27-28-24(29(23)19-7-3-2-4-8-19)33-16-22(31)26-25-15-17-6-5-9-20(30)14-17/h2-15H,16H2,1H3,(H2,26,30,31)/b25-15+. The Morgan fingerprint density at radius 3 is 2.67 bits per heavy atom. The molecule has 1 aromatic heterocycles. The van der Waals surface area contributed by atoms with E-state index in [1.807, 2.05) is 59.2 Å². The van der Waals surface area contributed by atoms with Gasteiger partial charge in [0.05, 0.1) is 29.7 Å². The van der Waals surface area contributed by atoms with E-state index in [1.54, 1.807) is 19.2 Å². The molecule has 9 heteroatoms. The maximum atomic E-state index is 12.3. The van der Waals surface area contributed by atoms with Crippen LogP contribution in [0.3, 0.4) is 0 Å². The summed E-state index contributed by atoms with van der Waals surface area (Å²) in [7, 11) is 1.63. The largest absolute Gasteiger partial charge is 0.872 e.